The number of azo groups is 1. The summed E-state index contributed by atoms with van der Waals surface area (Å²) in [5.41, 5.74) is 4.11. The summed E-state index contributed by atoms with van der Waals surface area (Å²) in [5, 5.41) is 20.0. The minimum absolute atomic E-state index is 0.0317. The second-order valence-electron chi connectivity index (χ2n) is 10.6. The van der Waals surface area contributed by atoms with E-state index in [1.54, 1.807) is 6.07 Å². The fraction of sp³-hybridized carbons (Fsp3) is 0.333. The minimum Gasteiger partial charge on any atom is -0.493 e. The summed E-state index contributed by atoms with van der Waals surface area (Å²) in [4.78, 5) is 27.2. The van der Waals surface area contributed by atoms with E-state index in [0.29, 0.717) is 24.9 Å². The summed E-state index contributed by atoms with van der Waals surface area (Å²) in [7, 11) is 0. The van der Waals surface area contributed by atoms with Crippen LogP contribution in [0.15, 0.2) is 75.7 Å². The number of ether oxygens (including phenoxy) is 1. The third kappa shape index (κ3) is 4.74. The molecule has 2 atom stereocenters. The van der Waals surface area contributed by atoms with Crippen molar-refractivity contribution >= 4 is 22.5 Å². The second kappa shape index (κ2) is 10.1. The Morgan fingerprint density at radius 1 is 1.00 bits per heavy atom. The zero-order valence-corrected chi connectivity index (χ0v) is 22.1. The van der Waals surface area contributed by atoms with E-state index >= 15 is 0 Å². The molecule has 1 saturated heterocycles. The lowest BCUT2D eigenvalue weighted by molar-refractivity contribution is -0.120. The average Bonchev–Trinajstić information content (AvgIpc) is 3.18. The smallest absolute Gasteiger partial charge is 0.302 e. The molecule has 39 heavy (non-hydrogen) atoms. The number of hydrogen-bond acceptors (Lipinski definition) is 6. The Kier molecular flexibility index (Phi) is 6.52. The van der Waals surface area contributed by atoms with Gasteiger partial charge in [-0.2, -0.15) is 0 Å². The van der Waals surface area contributed by atoms with Crippen molar-refractivity contribution in [2.45, 2.75) is 39.4 Å². The van der Waals surface area contributed by atoms with E-state index in [2.05, 4.69) is 15.1 Å². The highest BCUT2D eigenvalue weighted by Gasteiger charge is 2.35. The first kappa shape index (κ1) is 25.1. The third-order valence-electron chi connectivity index (χ3n) is 7.82. The number of aromatic hydroxyl groups is 1. The molecule has 9 heteroatoms. The Hall–Kier alpha value is -4.24. The van der Waals surface area contributed by atoms with Crippen molar-refractivity contribution in [2.24, 2.45) is 16.1 Å². The zero-order valence-electron chi connectivity index (χ0n) is 22.1. The number of likely N-dealkylation sites (tertiary alicyclic amines) is 1. The molecule has 0 aliphatic carbocycles. The van der Waals surface area contributed by atoms with Gasteiger partial charge in [0.1, 0.15) is 5.75 Å². The Morgan fingerprint density at radius 2 is 1.77 bits per heavy atom. The number of hydrogen-bond donors (Lipinski definition) is 1. The fourth-order valence-electron chi connectivity index (χ4n) is 6.12. The molecule has 4 aromatic rings. The molecule has 1 fully saturated rings. The molecule has 2 aromatic heterocycles. The van der Waals surface area contributed by atoms with Crippen LogP contribution in [0.4, 0.5) is 5.69 Å². The van der Waals surface area contributed by atoms with Crippen LogP contribution in [0.1, 0.15) is 29.2 Å². The number of carbonyl (C=O) groups is 1. The van der Waals surface area contributed by atoms with Crippen LogP contribution in [-0.4, -0.2) is 44.7 Å². The molecule has 2 bridgehead atoms. The predicted octanol–water partition coefficient (Wildman–Crippen LogP) is 4.89. The number of piperidine rings is 1. The molecule has 200 valence electrons. The zero-order chi connectivity index (χ0) is 27.1. The Labute approximate surface area is 226 Å². The van der Waals surface area contributed by atoms with Gasteiger partial charge in [-0.1, -0.05) is 42.5 Å². The summed E-state index contributed by atoms with van der Waals surface area (Å²) < 4.78 is 9.45. The van der Waals surface area contributed by atoms with Crippen LogP contribution in [0.3, 0.4) is 0 Å². The highest BCUT2D eigenvalue weighted by Crippen LogP contribution is 2.40. The topological polar surface area (TPSA) is 101 Å². The van der Waals surface area contributed by atoms with E-state index in [4.69, 9.17) is 4.74 Å². The fourth-order valence-corrected chi connectivity index (χ4v) is 6.12. The molecule has 9 nitrogen and oxygen atoms in total. The van der Waals surface area contributed by atoms with Crippen molar-refractivity contribution in [3.63, 3.8) is 0 Å². The molecular formula is C30H31N5O4. The maximum Gasteiger partial charge on any atom is 0.302 e. The van der Waals surface area contributed by atoms with Gasteiger partial charge in [0.2, 0.25) is 5.88 Å². The first-order chi connectivity index (χ1) is 18.9. The van der Waals surface area contributed by atoms with Gasteiger partial charge in [0.05, 0.1) is 12.2 Å². The summed E-state index contributed by atoms with van der Waals surface area (Å²) in [6.07, 6.45) is 1.06. The van der Waals surface area contributed by atoms with E-state index in [-0.39, 0.29) is 29.7 Å². The van der Waals surface area contributed by atoms with E-state index in [9.17, 15) is 14.7 Å². The van der Waals surface area contributed by atoms with Gasteiger partial charge in [-0.15, -0.1) is 10.2 Å². The van der Waals surface area contributed by atoms with Crippen molar-refractivity contribution in [3.8, 4) is 11.6 Å². The number of carbonyl (C=O) groups excluding carboxylic acids is 1. The van der Waals surface area contributed by atoms with Gasteiger partial charge in [0.15, 0.2) is 12.3 Å². The summed E-state index contributed by atoms with van der Waals surface area (Å²) in [6.45, 7) is 6.41. The number of rotatable bonds is 6. The number of amides is 1. The maximum absolute atomic E-state index is 12.5. The van der Waals surface area contributed by atoms with Gasteiger partial charge in [-0.25, -0.2) is 0 Å². The molecule has 1 N–H and O–H groups in total. The molecule has 0 saturated carbocycles. The largest absolute Gasteiger partial charge is 0.493 e. The molecule has 4 heterocycles. The number of aromatic nitrogens is 2. The predicted molar refractivity (Wildman–Crippen MR) is 148 cm³/mol. The van der Waals surface area contributed by atoms with Gasteiger partial charge >= 0.3 is 5.91 Å². The third-order valence-corrected chi connectivity index (χ3v) is 7.82. The SMILES string of the molecule is Cc1cccc(C)c1OCC(=O)N=Nc1c(O)n(CN2C[C@@H]3C[C@@H](C2)c2cccc(=O)n2C3)c2ccccc12. The molecule has 0 radical (unpaired) electrons. The highest BCUT2D eigenvalue weighted by molar-refractivity contribution is 5.95. The summed E-state index contributed by atoms with van der Waals surface area (Å²) in [5.74, 6) is 0.736. The average molecular weight is 526 g/mol. The second-order valence-corrected chi connectivity index (χ2v) is 10.6. The van der Waals surface area contributed by atoms with Crippen molar-refractivity contribution in [1.82, 2.24) is 14.0 Å². The maximum atomic E-state index is 12.5. The first-order valence-electron chi connectivity index (χ1n) is 13.2. The number of fused-ring (bicyclic) bond motifs is 5. The molecule has 0 spiro atoms. The van der Waals surface area contributed by atoms with Crippen LogP contribution in [0.2, 0.25) is 0 Å². The molecule has 2 aliphatic rings. The van der Waals surface area contributed by atoms with E-state index < -0.39 is 5.91 Å². The van der Waals surface area contributed by atoms with Crippen molar-refractivity contribution in [1.29, 1.82) is 0 Å². The van der Waals surface area contributed by atoms with Crippen LogP contribution in [-0.2, 0) is 18.0 Å². The van der Waals surface area contributed by atoms with Gasteiger partial charge in [-0.3, -0.25) is 19.1 Å². The lowest BCUT2D eigenvalue weighted by atomic mass is 9.83. The van der Waals surface area contributed by atoms with Crippen LogP contribution in [0.5, 0.6) is 11.6 Å². The van der Waals surface area contributed by atoms with Gasteiger partial charge in [0.25, 0.3) is 5.56 Å². The van der Waals surface area contributed by atoms with E-state index in [0.717, 1.165) is 47.2 Å². The van der Waals surface area contributed by atoms with Crippen LogP contribution < -0.4 is 10.3 Å². The van der Waals surface area contributed by atoms with Crippen molar-refractivity contribution in [3.05, 3.63) is 87.8 Å². The Morgan fingerprint density at radius 3 is 2.59 bits per heavy atom. The number of aryl methyl sites for hydroxylation is 2. The quantitative estimate of drug-likeness (QED) is 0.361. The summed E-state index contributed by atoms with van der Waals surface area (Å²) in [6, 6.07) is 18.9. The van der Waals surface area contributed by atoms with Gasteiger partial charge < -0.3 is 14.4 Å². The lowest BCUT2D eigenvalue weighted by Gasteiger charge is -2.42. The lowest BCUT2D eigenvalue weighted by Crippen LogP contribution is -2.47. The monoisotopic (exact) mass is 525 g/mol. The molecule has 6 rings (SSSR count). The minimum atomic E-state index is -0.536. The van der Waals surface area contributed by atoms with E-state index in [1.807, 2.05) is 77.6 Å². The standard InChI is InChI=1S/C30H31N5O4/c1-19-7-5-8-20(2)29(19)39-17-26(36)31-32-28-23-9-3-4-10-25(23)35(30(28)38)18-33-14-21-13-22(16-33)24-11-6-12-27(37)34(24)15-21/h3-12,21-22,38H,13-18H2,1-2H3/t21-,22-/m0/s1. The van der Waals surface area contributed by atoms with Crippen molar-refractivity contribution < 1.29 is 14.6 Å². The van der Waals surface area contributed by atoms with Gasteiger partial charge in [-0.05, 0) is 49.4 Å². The molecule has 1 amide bonds. The number of benzene rings is 2. The highest BCUT2D eigenvalue weighted by atomic mass is 16.5. The number of para-hydroxylation sites is 2. The normalized spacial score (nSPS) is 18.9. The first-order valence-corrected chi connectivity index (χ1v) is 13.2. The Balaban J connectivity index is 1.22. The number of pyridine rings is 1. The molecule has 2 aliphatic heterocycles. The molecular weight excluding hydrogens is 494 g/mol. The molecule has 0 unspecified atom stereocenters. The van der Waals surface area contributed by atoms with Crippen molar-refractivity contribution in [2.75, 3.05) is 19.7 Å². The summed E-state index contributed by atoms with van der Waals surface area (Å²) >= 11 is 0. The van der Waals surface area contributed by atoms with E-state index in [1.165, 1.54) is 0 Å². The van der Waals surface area contributed by atoms with Crippen LogP contribution in [0.25, 0.3) is 10.9 Å². The Bertz CT molecular complexity index is 1630. The van der Waals surface area contributed by atoms with Gasteiger partial charge in [0, 0.05) is 42.7 Å². The number of nitrogens with zero attached hydrogens (tertiary/aromatic N) is 5. The molecule has 2 aromatic carbocycles. The van der Waals surface area contributed by atoms with Crippen LogP contribution in [0, 0.1) is 19.8 Å². The van der Waals surface area contributed by atoms with Crippen LogP contribution >= 0.6 is 0 Å².